The molecule has 0 radical (unpaired) electrons. The third-order valence-electron chi connectivity index (χ3n) is 4.67. The van der Waals surface area contributed by atoms with Crippen molar-refractivity contribution in [3.63, 3.8) is 0 Å². The van der Waals surface area contributed by atoms with E-state index in [1.165, 1.54) is 9.21 Å². The molecule has 10 heteroatoms. The zero-order valence-electron chi connectivity index (χ0n) is 14.5. The number of carbonyl (C=O) groups excluding carboxylic acids is 1. The second-order valence-corrected chi connectivity index (χ2v) is 9.16. The number of sulfonamides is 1. The Labute approximate surface area is 155 Å². The molecule has 0 bridgehead atoms. The van der Waals surface area contributed by atoms with Crippen molar-refractivity contribution in [3.8, 4) is 6.07 Å². The van der Waals surface area contributed by atoms with Gasteiger partial charge in [0.15, 0.2) is 0 Å². The van der Waals surface area contributed by atoms with Crippen LogP contribution in [0.5, 0.6) is 0 Å². The van der Waals surface area contributed by atoms with Crippen molar-refractivity contribution in [2.24, 2.45) is 0 Å². The van der Waals surface area contributed by atoms with E-state index in [0.717, 1.165) is 0 Å². The van der Waals surface area contributed by atoms with Crippen LogP contribution in [0.2, 0.25) is 0 Å². The zero-order chi connectivity index (χ0) is 17.9. The standard InChI is InChI=1S/C15H25FN4O3S.ClH/c1-11(2)24(22,23)19-5-3-13(4-6-19)18-9-15(21)20-10-12(16)7-14(20)8-17;/h11-14,18H,3-7,9-10H2,1-2H3;1H/t12-,14-;/m0./s1. The van der Waals surface area contributed by atoms with E-state index in [1.54, 1.807) is 13.8 Å². The molecule has 2 saturated heterocycles. The van der Waals surface area contributed by atoms with E-state index in [9.17, 15) is 17.6 Å². The number of rotatable bonds is 5. The van der Waals surface area contributed by atoms with Gasteiger partial charge in [-0.15, -0.1) is 12.4 Å². The molecule has 2 aliphatic heterocycles. The van der Waals surface area contributed by atoms with E-state index >= 15 is 0 Å². The molecular weight excluding hydrogens is 371 g/mol. The van der Waals surface area contributed by atoms with Crippen molar-refractivity contribution >= 4 is 28.3 Å². The molecule has 1 N–H and O–H groups in total. The number of piperidine rings is 1. The lowest BCUT2D eigenvalue weighted by Crippen LogP contribution is -2.49. The number of nitrogens with one attached hydrogen (secondary N) is 1. The fraction of sp³-hybridized carbons (Fsp3) is 0.867. The van der Waals surface area contributed by atoms with Crippen LogP contribution in [0.1, 0.15) is 33.1 Å². The van der Waals surface area contributed by atoms with Gasteiger partial charge in [0.25, 0.3) is 0 Å². The van der Waals surface area contributed by atoms with Crippen molar-refractivity contribution in [2.45, 2.75) is 56.6 Å². The molecule has 0 aromatic rings. The van der Waals surface area contributed by atoms with E-state index in [4.69, 9.17) is 5.26 Å². The Kier molecular flexibility index (Phi) is 8.06. The summed E-state index contributed by atoms with van der Waals surface area (Å²) in [6.45, 7) is 4.22. The van der Waals surface area contributed by atoms with Gasteiger partial charge in [-0.1, -0.05) is 0 Å². The summed E-state index contributed by atoms with van der Waals surface area (Å²) in [4.78, 5) is 13.4. The Morgan fingerprint density at radius 3 is 2.48 bits per heavy atom. The van der Waals surface area contributed by atoms with Gasteiger partial charge in [0, 0.05) is 25.6 Å². The predicted octanol–water partition coefficient (Wildman–Crippen LogP) is 0.663. The molecule has 2 fully saturated rings. The van der Waals surface area contributed by atoms with Crippen molar-refractivity contribution < 1.29 is 17.6 Å². The zero-order valence-corrected chi connectivity index (χ0v) is 16.2. The van der Waals surface area contributed by atoms with Crippen molar-refractivity contribution in [3.05, 3.63) is 0 Å². The van der Waals surface area contributed by atoms with Gasteiger partial charge < -0.3 is 10.2 Å². The summed E-state index contributed by atoms with van der Waals surface area (Å²) < 4.78 is 39.1. The van der Waals surface area contributed by atoms with Gasteiger partial charge in [0.1, 0.15) is 12.2 Å². The largest absolute Gasteiger partial charge is 0.323 e. The maximum absolute atomic E-state index is 13.4. The van der Waals surface area contributed by atoms with Crippen LogP contribution in [-0.4, -0.2) is 73.2 Å². The van der Waals surface area contributed by atoms with Gasteiger partial charge in [0.05, 0.1) is 24.4 Å². The Bertz CT molecular complexity index is 602. The molecule has 0 aromatic carbocycles. The summed E-state index contributed by atoms with van der Waals surface area (Å²) in [5.41, 5.74) is 0. The number of hydrogen-bond donors (Lipinski definition) is 1. The molecule has 2 rings (SSSR count). The van der Waals surface area contributed by atoms with Gasteiger partial charge in [-0.2, -0.15) is 5.26 Å². The van der Waals surface area contributed by atoms with Crippen LogP contribution in [0.25, 0.3) is 0 Å². The third kappa shape index (κ3) is 5.26. The van der Waals surface area contributed by atoms with Crippen LogP contribution in [0.15, 0.2) is 0 Å². The highest BCUT2D eigenvalue weighted by molar-refractivity contribution is 7.89. The summed E-state index contributed by atoms with van der Waals surface area (Å²) in [7, 11) is -3.23. The highest BCUT2D eigenvalue weighted by atomic mass is 35.5. The van der Waals surface area contributed by atoms with E-state index in [1.807, 2.05) is 6.07 Å². The number of halogens is 2. The summed E-state index contributed by atoms with van der Waals surface area (Å²) >= 11 is 0. The minimum atomic E-state index is -3.23. The maximum Gasteiger partial charge on any atom is 0.237 e. The van der Waals surface area contributed by atoms with E-state index in [2.05, 4.69) is 5.32 Å². The topological polar surface area (TPSA) is 93.5 Å². The molecule has 2 heterocycles. The number of hydrogen-bond acceptors (Lipinski definition) is 5. The van der Waals surface area contributed by atoms with Gasteiger partial charge in [-0.3, -0.25) is 4.79 Å². The third-order valence-corrected chi connectivity index (χ3v) is 6.95. The summed E-state index contributed by atoms with van der Waals surface area (Å²) in [5.74, 6) is -0.279. The first-order valence-electron chi connectivity index (χ1n) is 8.31. The van der Waals surface area contributed by atoms with Crippen molar-refractivity contribution in [2.75, 3.05) is 26.2 Å². The molecule has 2 aliphatic rings. The Balaban J connectivity index is 0.00000312. The lowest BCUT2D eigenvalue weighted by Gasteiger charge is -2.33. The minimum absolute atomic E-state index is 0. The van der Waals surface area contributed by atoms with Crippen LogP contribution < -0.4 is 5.32 Å². The SMILES string of the molecule is CC(C)S(=O)(=O)N1CCC(NCC(=O)N2C[C@@H](F)C[C@H]2C#N)CC1.Cl. The predicted molar refractivity (Wildman–Crippen MR) is 94.5 cm³/mol. The van der Waals surface area contributed by atoms with Gasteiger partial charge in [-0.05, 0) is 26.7 Å². The lowest BCUT2D eigenvalue weighted by molar-refractivity contribution is -0.130. The average Bonchev–Trinajstić information content (AvgIpc) is 2.94. The Morgan fingerprint density at radius 2 is 1.96 bits per heavy atom. The fourth-order valence-electron chi connectivity index (χ4n) is 3.13. The second kappa shape index (κ2) is 9.12. The highest BCUT2D eigenvalue weighted by Crippen LogP contribution is 2.20. The molecule has 1 amide bonds. The minimum Gasteiger partial charge on any atom is -0.323 e. The summed E-state index contributed by atoms with van der Waals surface area (Å²) in [6.07, 6.45) is 0.204. The number of alkyl halides is 1. The Morgan fingerprint density at radius 1 is 1.36 bits per heavy atom. The molecule has 25 heavy (non-hydrogen) atoms. The lowest BCUT2D eigenvalue weighted by atomic mass is 10.1. The first-order valence-corrected chi connectivity index (χ1v) is 9.81. The van der Waals surface area contributed by atoms with Crippen LogP contribution in [0, 0.1) is 11.3 Å². The average molecular weight is 397 g/mol. The van der Waals surface area contributed by atoms with Crippen LogP contribution in [0.4, 0.5) is 4.39 Å². The highest BCUT2D eigenvalue weighted by Gasteiger charge is 2.35. The molecule has 0 aliphatic carbocycles. The van der Waals surface area contributed by atoms with E-state index in [-0.39, 0.29) is 43.9 Å². The molecule has 0 saturated carbocycles. The van der Waals surface area contributed by atoms with Gasteiger partial charge >= 0.3 is 0 Å². The number of nitriles is 1. The van der Waals surface area contributed by atoms with Crippen molar-refractivity contribution in [1.82, 2.24) is 14.5 Å². The molecule has 0 unspecified atom stereocenters. The van der Waals surface area contributed by atoms with Crippen LogP contribution in [0.3, 0.4) is 0 Å². The van der Waals surface area contributed by atoms with Gasteiger partial charge in [0.2, 0.25) is 15.9 Å². The second-order valence-electron chi connectivity index (χ2n) is 6.67. The van der Waals surface area contributed by atoms with Gasteiger partial charge in [-0.25, -0.2) is 17.1 Å². The number of nitrogens with zero attached hydrogens (tertiary/aromatic N) is 3. The molecule has 144 valence electrons. The van der Waals surface area contributed by atoms with E-state index in [0.29, 0.717) is 25.9 Å². The fourth-order valence-corrected chi connectivity index (χ4v) is 4.44. The number of likely N-dealkylation sites (tertiary alicyclic amines) is 1. The molecule has 0 spiro atoms. The van der Waals surface area contributed by atoms with Crippen molar-refractivity contribution in [1.29, 1.82) is 5.26 Å². The Hall–Kier alpha value is -0.950. The number of carbonyl (C=O) groups is 1. The molecule has 7 nitrogen and oxygen atoms in total. The smallest absolute Gasteiger partial charge is 0.237 e. The first-order chi connectivity index (χ1) is 11.3. The monoisotopic (exact) mass is 396 g/mol. The summed E-state index contributed by atoms with van der Waals surface area (Å²) in [5, 5.41) is 11.7. The van der Waals surface area contributed by atoms with E-state index < -0.39 is 27.5 Å². The first kappa shape index (κ1) is 22.1. The van der Waals surface area contributed by atoms with Crippen LogP contribution >= 0.6 is 12.4 Å². The number of amides is 1. The summed E-state index contributed by atoms with van der Waals surface area (Å²) in [6, 6.07) is 1.33. The maximum atomic E-state index is 13.4. The molecule has 2 atom stereocenters. The molecule has 0 aromatic heterocycles. The molecular formula is C15H26ClFN4O3S. The van der Waals surface area contributed by atoms with Crippen LogP contribution in [-0.2, 0) is 14.8 Å². The quantitative estimate of drug-likeness (QED) is 0.736. The normalized spacial score (nSPS) is 25.6.